The summed E-state index contributed by atoms with van der Waals surface area (Å²) < 4.78 is 11.6. The van der Waals surface area contributed by atoms with Crippen LogP contribution in [0.4, 0.5) is 11.4 Å². The minimum absolute atomic E-state index is 0.0530. The number of nitrogens with one attached hydrogen (secondary N) is 2. The van der Waals surface area contributed by atoms with Crippen LogP contribution in [-0.4, -0.2) is 53.0 Å². The molecule has 4 N–H and O–H groups in total. The van der Waals surface area contributed by atoms with E-state index >= 15 is 0 Å². The largest absolute Gasteiger partial charge is 0.490 e. The molecular weight excluding hydrogens is 643 g/mol. The molecule has 0 aromatic heterocycles. The smallest absolute Gasteiger partial charge is 0.277 e. The molecule has 0 bridgehead atoms. The number of non-ortho nitro benzene ring substituents is 2. The van der Waals surface area contributed by atoms with Crippen LogP contribution < -0.4 is 25.9 Å². The summed E-state index contributed by atoms with van der Waals surface area (Å²) in [6.07, 6.45) is 1.51. The van der Waals surface area contributed by atoms with Gasteiger partial charge in [0.25, 0.3) is 29.1 Å². The maximum Gasteiger partial charge on any atom is 0.277 e. The van der Waals surface area contributed by atoms with E-state index in [1.807, 2.05) is 36.4 Å². The fourth-order valence-corrected chi connectivity index (χ4v) is 4.12. The number of nitrogens with two attached hydrogens (primary N) is 1. The Labute approximate surface area is 241 Å². The van der Waals surface area contributed by atoms with Gasteiger partial charge in [-0.25, -0.2) is 5.43 Å². The van der Waals surface area contributed by atoms with E-state index in [9.17, 15) is 34.6 Å². The first-order chi connectivity index (χ1) is 18.8. The second-order valence-corrected chi connectivity index (χ2v) is 9.82. The number of amides is 3. The van der Waals surface area contributed by atoms with Crippen molar-refractivity contribution in [2.24, 2.45) is 16.8 Å². The van der Waals surface area contributed by atoms with Gasteiger partial charge in [-0.1, -0.05) is 13.8 Å². The van der Waals surface area contributed by atoms with E-state index in [2.05, 4.69) is 15.8 Å². The fraction of sp³-hybridized carbons (Fsp3) is 0.333. The zero-order valence-corrected chi connectivity index (χ0v) is 23.9. The van der Waals surface area contributed by atoms with Crippen LogP contribution in [0.2, 0.25) is 0 Å². The number of benzene rings is 2. The lowest BCUT2D eigenvalue weighted by Gasteiger charge is -2.19. The minimum atomic E-state index is -1.10. The second-order valence-electron chi connectivity index (χ2n) is 8.66. The van der Waals surface area contributed by atoms with Crippen molar-refractivity contribution in [3.63, 3.8) is 0 Å². The van der Waals surface area contributed by atoms with Crippen LogP contribution in [0.15, 0.2) is 35.4 Å². The monoisotopic (exact) mass is 670 g/mol. The number of carbonyl (C=O) groups is 3. The Kier molecular flexibility index (Phi) is 11.7. The van der Waals surface area contributed by atoms with E-state index in [0.717, 1.165) is 18.2 Å². The second kappa shape index (κ2) is 14.7. The Morgan fingerprint density at radius 2 is 1.70 bits per heavy atom. The molecule has 0 aliphatic heterocycles. The third-order valence-electron chi connectivity index (χ3n) is 4.99. The number of hydrogen-bond donors (Lipinski definition) is 3. The summed E-state index contributed by atoms with van der Waals surface area (Å²) in [5, 5.41) is 28.7. The first kappa shape index (κ1) is 31.9. The molecule has 0 unspecified atom stereocenters. The summed E-state index contributed by atoms with van der Waals surface area (Å²) in [6, 6.07) is 4.65. The number of primary amides is 1. The van der Waals surface area contributed by atoms with Crippen molar-refractivity contribution in [2.75, 3.05) is 13.2 Å². The maximum atomic E-state index is 12.9. The Bertz CT molecular complexity index is 1300. The van der Waals surface area contributed by atoms with E-state index in [1.165, 1.54) is 6.21 Å². The van der Waals surface area contributed by atoms with E-state index < -0.39 is 45.0 Å². The van der Waals surface area contributed by atoms with Gasteiger partial charge in [-0.05, 0) is 59.5 Å². The first-order valence-corrected chi connectivity index (χ1v) is 12.8. The number of rotatable bonds is 14. The summed E-state index contributed by atoms with van der Waals surface area (Å²) >= 11 is 1.98. The SMILES string of the molecule is CCOc1cc(/C=N\NC(=O)[C@H](CC(C)C)NC(=O)c2cc([N+](=O)[O-])cc([N+](=O)[O-])c2)cc(I)c1OCC(N)=O. The topological polar surface area (TPSA) is 218 Å². The Balaban J connectivity index is 2.23. The van der Waals surface area contributed by atoms with Crippen LogP contribution in [0.25, 0.3) is 0 Å². The summed E-state index contributed by atoms with van der Waals surface area (Å²) in [4.78, 5) is 57.4. The molecule has 0 saturated carbocycles. The number of nitrogens with zero attached hydrogens (tertiary/aromatic N) is 3. The molecule has 40 heavy (non-hydrogen) atoms. The van der Waals surface area contributed by atoms with Crippen LogP contribution in [-0.2, 0) is 9.59 Å². The molecule has 0 heterocycles. The maximum absolute atomic E-state index is 12.9. The highest BCUT2D eigenvalue weighted by molar-refractivity contribution is 14.1. The van der Waals surface area contributed by atoms with Crippen LogP contribution >= 0.6 is 22.6 Å². The zero-order valence-electron chi connectivity index (χ0n) is 21.7. The lowest BCUT2D eigenvalue weighted by atomic mass is 10.0. The van der Waals surface area contributed by atoms with Crippen molar-refractivity contribution in [3.05, 3.63) is 65.3 Å². The third kappa shape index (κ3) is 9.44. The average Bonchev–Trinajstić information content (AvgIpc) is 2.87. The number of hydrazone groups is 1. The molecule has 0 aliphatic carbocycles. The number of hydrogen-bond acceptors (Lipinski definition) is 10. The summed E-state index contributed by atoms with van der Waals surface area (Å²) in [5.74, 6) is -1.64. The van der Waals surface area contributed by atoms with E-state index in [-0.39, 0.29) is 24.5 Å². The van der Waals surface area contributed by atoms with Gasteiger partial charge in [-0.3, -0.25) is 34.6 Å². The number of carbonyl (C=O) groups excluding carboxylic acids is 3. The number of nitro benzene ring substituents is 2. The molecule has 0 radical (unpaired) electrons. The van der Waals surface area contributed by atoms with Gasteiger partial charge in [0, 0.05) is 12.1 Å². The predicted octanol–water partition coefficient (Wildman–Crippen LogP) is 2.67. The Morgan fingerprint density at radius 1 is 1.07 bits per heavy atom. The fourth-order valence-electron chi connectivity index (χ4n) is 3.34. The molecule has 214 valence electrons. The molecular formula is C24H27IN6O9. The Morgan fingerprint density at radius 3 is 2.23 bits per heavy atom. The van der Waals surface area contributed by atoms with Gasteiger partial charge >= 0.3 is 0 Å². The van der Waals surface area contributed by atoms with Gasteiger partial charge in [-0.2, -0.15) is 5.10 Å². The zero-order chi connectivity index (χ0) is 30.0. The summed E-state index contributed by atoms with van der Waals surface area (Å²) in [7, 11) is 0. The normalized spacial score (nSPS) is 11.6. The molecule has 2 aromatic rings. The van der Waals surface area contributed by atoms with Gasteiger partial charge < -0.3 is 20.5 Å². The molecule has 3 amide bonds. The highest BCUT2D eigenvalue weighted by atomic mass is 127. The molecule has 15 nitrogen and oxygen atoms in total. The molecule has 0 saturated heterocycles. The van der Waals surface area contributed by atoms with Crippen molar-refractivity contribution in [1.29, 1.82) is 0 Å². The van der Waals surface area contributed by atoms with E-state index in [0.29, 0.717) is 27.2 Å². The van der Waals surface area contributed by atoms with Gasteiger partial charge in [-0.15, -0.1) is 0 Å². The van der Waals surface area contributed by atoms with Crippen LogP contribution in [0.5, 0.6) is 11.5 Å². The predicted molar refractivity (Wildman–Crippen MR) is 151 cm³/mol. The van der Waals surface area contributed by atoms with E-state index in [4.69, 9.17) is 15.2 Å². The quantitative estimate of drug-likeness (QED) is 0.116. The molecule has 1 atom stereocenters. The van der Waals surface area contributed by atoms with Crippen LogP contribution in [0.3, 0.4) is 0 Å². The highest BCUT2D eigenvalue weighted by Gasteiger charge is 2.25. The lowest BCUT2D eigenvalue weighted by Crippen LogP contribution is -2.46. The number of nitro groups is 2. The molecule has 2 rings (SSSR count). The molecule has 2 aromatic carbocycles. The lowest BCUT2D eigenvalue weighted by molar-refractivity contribution is -0.394. The molecule has 0 aliphatic rings. The van der Waals surface area contributed by atoms with Crippen molar-refractivity contribution in [3.8, 4) is 11.5 Å². The number of ether oxygens (including phenoxy) is 2. The number of halogens is 1. The van der Waals surface area contributed by atoms with Gasteiger partial charge in [0.05, 0.1) is 37.9 Å². The van der Waals surface area contributed by atoms with E-state index in [1.54, 1.807) is 19.1 Å². The summed E-state index contributed by atoms with van der Waals surface area (Å²) in [6.45, 7) is 5.36. The molecule has 16 heteroatoms. The van der Waals surface area contributed by atoms with Gasteiger partial charge in [0.2, 0.25) is 0 Å². The van der Waals surface area contributed by atoms with Crippen LogP contribution in [0.1, 0.15) is 43.1 Å². The van der Waals surface area contributed by atoms with Crippen molar-refractivity contribution < 1.29 is 33.7 Å². The van der Waals surface area contributed by atoms with Crippen LogP contribution in [0, 0.1) is 29.7 Å². The van der Waals surface area contributed by atoms with Crippen molar-refractivity contribution in [1.82, 2.24) is 10.7 Å². The molecule has 0 fully saturated rings. The first-order valence-electron chi connectivity index (χ1n) is 11.8. The van der Waals surface area contributed by atoms with Gasteiger partial charge in [0.15, 0.2) is 18.1 Å². The van der Waals surface area contributed by atoms with Crippen molar-refractivity contribution >= 4 is 57.9 Å². The highest BCUT2D eigenvalue weighted by Crippen LogP contribution is 2.34. The summed E-state index contributed by atoms with van der Waals surface area (Å²) in [5.41, 5.74) is 6.39. The standard InChI is InChI=1S/C24H27IN6O9/c1-4-39-20-7-14(6-18(25)22(20)40-12-21(26)32)11-27-29-24(34)19(5-13(2)3)28-23(33)15-8-16(30(35)36)10-17(9-15)31(37)38/h6-11,13,19H,4-5,12H2,1-3H3,(H2,26,32)(H,28,33)(H,29,34)/b27-11-/t19-/m0/s1. The molecule has 0 spiro atoms. The third-order valence-corrected chi connectivity index (χ3v) is 5.80. The average molecular weight is 670 g/mol. The van der Waals surface area contributed by atoms with Crippen molar-refractivity contribution in [2.45, 2.75) is 33.2 Å². The van der Waals surface area contributed by atoms with Gasteiger partial charge in [0.1, 0.15) is 6.04 Å². The minimum Gasteiger partial charge on any atom is -0.490 e. The Hall–Kier alpha value is -4.35.